The fraction of sp³-hybridized carbons (Fsp3) is 0.312. The number of halogens is 1. The molecule has 1 aromatic heterocycles. The minimum Gasteiger partial charge on any atom is -0.466 e. The maximum absolute atomic E-state index is 12.2. The molecule has 1 N–H and O–H groups in total. The van der Waals surface area contributed by atoms with Crippen molar-refractivity contribution < 1.29 is 9.21 Å². The van der Waals surface area contributed by atoms with Gasteiger partial charge in [-0.3, -0.25) is 4.79 Å². The van der Waals surface area contributed by atoms with E-state index >= 15 is 0 Å². The van der Waals surface area contributed by atoms with Crippen LogP contribution in [0.2, 0.25) is 0 Å². The second-order valence-corrected chi connectivity index (χ2v) is 5.91. The lowest BCUT2D eigenvalue weighted by Crippen LogP contribution is -2.27. The van der Waals surface area contributed by atoms with Crippen LogP contribution in [0.25, 0.3) is 0 Å². The maximum atomic E-state index is 12.2. The molecule has 3 nitrogen and oxygen atoms in total. The van der Waals surface area contributed by atoms with Crippen molar-refractivity contribution >= 4 is 21.8 Å². The molecule has 1 unspecified atom stereocenters. The Balaban J connectivity index is 2.02. The summed E-state index contributed by atoms with van der Waals surface area (Å²) in [6, 6.07) is 10.0. The number of hydrogen-bond donors (Lipinski definition) is 1. The quantitative estimate of drug-likeness (QED) is 0.855. The monoisotopic (exact) mass is 335 g/mol. The molecule has 0 aliphatic rings. The zero-order chi connectivity index (χ0) is 14.7. The van der Waals surface area contributed by atoms with Crippen LogP contribution in [-0.2, 0) is 0 Å². The summed E-state index contributed by atoms with van der Waals surface area (Å²) in [5.41, 5.74) is 2.70. The van der Waals surface area contributed by atoms with E-state index in [1.165, 1.54) is 0 Å². The summed E-state index contributed by atoms with van der Waals surface area (Å²) in [7, 11) is 0. The number of carbonyl (C=O) groups excluding carboxylic acids is 1. The third-order valence-corrected chi connectivity index (χ3v) is 4.24. The predicted octanol–water partition coefficient (Wildman–Crippen LogP) is 4.07. The summed E-state index contributed by atoms with van der Waals surface area (Å²) in [5, 5.41) is 2.95. The minimum absolute atomic E-state index is 0.0859. The summed E-state index contributed by atoms with van der Waals surface area (Å²) < 4.78 is 5.49. The molecule has 4 heteroatoms. The minimum atomic E-state index is -0.0859. The molecule has 0 saturated heterocycles. The van der Waals surface area contributed by atoms with Crippen molar-refractivity contribution in [1.82, 2.24) is 5.32 Å². The Hall–Kier alpha value is -1.55. The predicted molar refractivity (Wildman–Crippen MR) is 83.4 cm³/mol. The first-order valence-corrected chi connectivity index (χ1v) is 7.46. The van der Waals surface area contributed by atoms with Gasteiger partial charge in [0, 0.05) is 12.1 Å². The van der Waals surface area contributed by atoms with Crippen molar-refractivity contribution in [1.29, 1.82) is 0 Å². The first-order chi connectivity index (χ1) is 9.50. The normalized spacial score (nSPS) is 12.2. The van der Waals surface area contributed by atoms with Crippen molar-refractivity contribution in [2.24, 2.45) is 0 Å². The first kappa shape index (κ1) is 14.9. The zero-order valence-electron chi connectivity index (χ0n) is 11.9. The molecule has 0 radical (unpaired) electrons. The standard InChI is InChI=1S/C16H18BrNO2/c1-10-11(2)20-12(3)15(10)16(19)18-9-14(17)13-7-5-4-6-8-13/h4-8,14H,9H2,1-3H3,(H,18,19). The van der Waals surface area contributed by atoms with Crippen LogP contribution in [0, 0.1) is 20.8 Å². The second-order valence-electron chi connectivity index (χ2n) is 4.80. The summed E-state index contributed by atoms with van der Waals surface area (Å²) in [5.74, 6) is 1.38. The number of rotatable bonds is 4. The average molecular weight is 336 g/mol. The van der Waals surface area contributed by atoms with Crippen LogP contribution in [0.15, 0.2) is 34.7 Å². The van der Waals surface area contributed by atoms with Crippen LogP contribution in [0.1, 0.15) is 37.8 Å². The highest BCUT2D eigenvalue weighted by Crippen LogP contribution is 2.23. The van der Waals surface area contributed by atoms with E-state index in [0.717, 1.165) is 16.9 Å². The number of nitrogens with one attached hydrogen (secondary N) is 1. The van der Waals surface area contributed by atoms with Gasteiger partial charge in [-0.1, -0.05) is 46.3 Å². The molecular weight excluding hydrogens is 318 g/mol. The van der Waals surface area contributed by atoms with E-state index in [0.29, 0.717) is 17.9 Å². The van der Waals surface area contributed by atoms with Crippen molar-refractivity contribution in [2.75, 3.05) is 6.54 Å². The van der Waals surface area contributed by atoms with Gasteiger partial charge in [0.05, 0.1) is 10.4 Å². The van der Waals surface area contributed by atoms with Crippen LogP contribution in [-0.4, -0.2) is 12.5 Å². The number of hydrogen-bond acceptors (Lipinski definition) is 2. The van der Waals surface area contributed by atoms with E-state index in [1.54, 1.807) is 0 Å². The van der Waals surface area contributed by atoms with Crippen LogP contribution < -0.4 is 5.32 Å². The number of furan rings is 1. The third kappa shape index (κ3) is 3.12. The van der Waals surface area contributed by atoms with Gasteiger partial charge in [-0.05, 0) is 26.3 Å². The zero-order valence-corrected chi connectivity index (χ0v) is 13.5. The number of alkyl halides is 1. The highest BCUT2D eigenvalue weighted by Gasteiger charge is 2.19. The molecule has 2 aromatic rings. The van der Waals surface area contributed by atoms with Gasteiger partial charge >= 0.3 is 0 Å². The topological polar surface area (TPSA) is 42.2 Å². The molecule has 20 heavy (non-hydrogen) atoms. The molecule has 0 saturated carbocycles. The summed E-state index contributed by atoms with van der Waals surface area (Å²) in [6.45, 7) is 6.13. The SMILES string of the molecule is Cc1oc(C)c(C(=O)NCC(Br)c2ccccc2)c1C. The summed E-state index contributed by atoms with van der Waals surface area (Å²) >= 11 is 3.59. The van der Waals surface area contributed by atoms with Crippen LogP contribution in [0.3, 0.4) is 0 Å². The molecule has 0 spiro atoms. The Morgan fingerprint density at radius 2 is 1.85 bits per heavy atom. The van der Waals surface area contributed by atoms with Crippen LogP contribution in [0.5, 0.6) is 0 Å². The molecule has 1 heterocycles. The second kappa shape index (κ2) is 6.27. The van der Waals surface area contributed by atoms with Gasteiger partial charge in [-0.15, -0.1) is 0 Å². The average Bonchev–Trinajstić information content (AvgIpc) is 2.70. The van der Waals surface area contributed by atoms with Gasteiger partial charge in [0.25, 0.3) is 5.91 Å². The molecule has 0 aliphatic carbocycles. The highest BCUT2D eigenvalue weighted by atomic mass is 79.9. The van der Waals surface area contributed by atoms with Crippen molar-refractivity contribution in [3.63, 3.8) is 0 Å². The maximum Gasteiger partial charge on any atom is 0.255 e. The van der Waals surface area contributed by atoms with Crippen molar-refractivity contribution in [3.8, 4) is 0 Å². The largest absolute Gasteiger partial charge is 0.466 e. The molecule has 0 bridgehead atoms. The number of amides is 1. The molecule has 1 atom stereocenters. The number of carbonyl (C=O) groups is 1. The first-order valence-electron chi connectivity index (χ1n) is 6.54. The van der Waals surface area contributed by atoms with E-state index in [9.17, 15) is 4.79 Å². The van der Waals surface area contributed by atoms with Crippen molar-refractivity contribution in [3.05, 3.63) is 58.5 Å². The number of aryl methyl sites for hydroxylation is 2. The summed E-state index contributed by atoms with van der Waals surface area (Å²) in [6.07, 6.45) is 0. The van der Waals surface area contributed by atoms with Gasteiger partial charge in [-0.2, -0.15) is 0 Å². The van der Waals surface area contributed by atoms with E-state index in [2.05, 4.69) is 21.2 Å². The van der Waals surface area contributed by atoms with E-state index in [1.807, 2.05) is 51.1 Å². The van der Waals surface area contributed by atoms with Crippen LogP contribution in [0.4, 0.5) is 0 Å². The Morgan fingerprint density at radius 3 is 2.40 bits per heavy atom. The Kier molecular flexibility index (Phi) is 4.65. The molecule has 2 rings (SSSR count). The van der Waals surface area contributed by atoms with Gasteiger partial charge in [0.2, 0.25) is 0 Å². The lowest BCUT2D eigenvalue weighted by Gasteiger charge is -2.11. The molecule has 1 amide bonds. The lowest BCUT2D eigenvalue weighted by atomic mass is 10.1. The Bertz CT molecular complexity index is 604. The molecule has 106 valence electrons. The Morgan fingerprint density at radius 1 is 1.20 bits per heavy atom. The van der Waals surface area contributed by atoms with Gasteiger partial charge in [-0.25, -0.2) is 0 Å². The van der Waals surface area contributed by atoms with Gasteiger partial charge in [0.15, 0.2) is 0 Å². The lowest BCUT2D eigenvalue weighted by molar-refractivity contribution is 0.0952. The van der Waals surface area contributed by atoms with E-state index < -0.39 is 0 Å². The third-order valence-electron chi connectivity index (χ3n) is 3.39. The van der Waals surface area contributed by atoms with Crippen LogP contribution >= 0.6 is 15.9 Å². The molecular formula is C16H18BrNO2. The van der Waals surface area contributed by atoms with Gasteiger partial charge in [0.1, 0.15) is 11.5 Å². The smallest absolute Gasteiger partial charge is 0.255 e. The van der Waals surface area contributed by atoms with Crippen molar-refractivity contribution in [2.45, 2.75) is 25.6 Å². The van der Waals surface area contributed by atoms with E-state index in [4.69, 9.17) is 4.42 Å². The van der Waals surface area contributed by atoms with E-state index in [-0.39, 0.29) is 10.7 Å². The fourth-order valence-corrected chi connectivity index (χ4v) is 2.64. The molecule has 1 aromatic carbocycles. The van der Waals surface area contributed by atoms with Gasteiger partial charge < -0.3 is 9.73 Å². The highest BCUT2D eigenvalue weighted by molar-refractivity contribution is 9.09. The summed E-state index contributed by atoms with van der Waals surface area (Å²) in [4.78, 5) is 12.3. The fourth-order valence-electron chi connectivity index (χ4n) is 2.18. The molecule has 0 aliphatic heterocycles. The molecule has 0 fully saturated rings. The number of benzene rings is 1. The Labute approximate surface area is 127 Å².